The van der Waals surface area contributed by atoms with E-state index < -0.39 is 10.0 Å². The highest BCUT2D eigenvalue weighted by atomic mass is 35.5. The van der Waals surface area contributed by atoms with Crippen LogP contribution >= 0.6 is 12.4 Å². The second kappa shape index (κ2) is 8.98. The van der Waals surface area contributed by atoms with Crippen molar-refractivity contribution in [3.05, 3.63) is 23.8 Å². The Labute approximate surface area is 156 Å². The van der Waals surface area contributed by atoms with E-state index in [1.165, 1.54) is 24.5 Å². The van der Waals surface area contributed by atoms with Crippen molar-refractivity contribution < 1.29 is 13.2 Å². The van der Waals surface area contributed by atoms with Gasteiger partial charge in [0.2, 0.25) is 15.9 Å². The molecule has 1 aliphatic carbocycles. The molecule has 2 rings (SSSR count). The second-order valence-electron chi connectivity index (χ2n) is 6.73. The third-order valence-corrected chi connectivity index (χ3v) is 6.60. The number of nitrogens with two attached hydrogens (primary N) is 1. The summed E-state index contributed by atoms with van der Waals surface area (Å²) in [7, 11) is -0.559. The maximum Gasteiger partial charge on any atom is 0.242 e. The van der Waals surface area contributed by atoms with Gasteiger partial charge in [-0.1, -0.05) is 18.9 Å². The smallest absolute Gasteiger partial charge is 0.242 e. The Hall–Kier alpha value is -1.15. The van der Waals surface area contributed by atoms with Crippen LogP contribution in [-0.4, -0.2) is 38.8 Å². The van der Waals surface area contributed by atoms with Crippen molar-refractivity contribution in [2.45, 2.75) is 50.0 Å². The summed E-state index contributed by atoms with van der Waals surface area (Å²) in [4.78, 5) is 12.5. The van der Waals surface area contributed by atoms with E-state index in [0.717, 1.165) is 25.7 Å². The average molecular weight is 390 g/mol. The van der Waals surface area contributed by atoms with Crippen molar-refractivity contribution in [2.75, 3.05) is 19.4 Å². The molecule has 1 fully saturated rings. The van der Waals surface area contributed by atoms with Gasteiger partial charge >= 0.3 is 0 Å². The summed E-state index contributed by atoms with van der Waals surface area (Å²) in [5.41, 5.74) is 7.24. The predicted molar refractivity (Wildman–Crippen MR) is 102 cm³/mol. The first-order chi connectivity index (χ1) is 11.2. The maximum atomic E-state index is 12.3. The molecule has 8 heteroatoms. The number of nitrogens with one attached hydrogen (secondary N) is 1. The van der Waals surface area contributed by atoms with Gasteiger partial charge in [-0.3, -0.25) is 4.79 Å². The molecule has 2 atom stereocenters. The Kier molecular flexibility index (Phi) is 7.87. The zero-order valence-corrected chi connectivity index (χ0v) is 16.6. The zero-order valence-electron chi connectivity index (χ0n) is 15.0. The topological polar surface area (TPSA) is 92.5 Å². The molecule has 0 radical (unpaired) electrons. The lowest BCUT2D eigenvalue weighted by atomic mass is 9.83. The SMILES string of the molecule is Cc1ccc(NC(=O)CC2CCCCC2N)cc1S(=O)(=O)N(C)C.Cl. The van der Waals surface area contributed by atoms with E-state index in [9.17, 15) is 13.2 Å². The van der Waals surface area contributed by atoms with Gasteiger partial charge in [0.05, 0.1) is 4.90 Å². The summed E-state index contributed by atoms with van der Waals surface area (Å²) >= 11 is 0. The van der Waals surface area contributed by atoms with E-state index in [2.05, 4.69) is 5.32 Å². The Balaban J connectivity index is 0.00000312. The number of carbonyl (C=O) groups excluding carboxylic acids is 1. The van der Waals surface area contributed by atoms with Crippen molar-refractivity contribution in [1.29, 1.82) is 0 Å². The number of hydrogen-bond donors (Lipinski definition) is 2. The van der Waals surface area contributed by atoms with Crippen molar-refractivity contribution in [3.63, 3.8) is 0 Å². The normalized spacial score (nSPS) is 20.8. The van der Waals surface area contributed by atoms with Crippen LogP contribution in [-0.2, 0) is 14.8 Å². The molecule has 1 aliphatic rings. The van der Waals surface area contributed by atoms with E-state index in [1.807, 2.05) is 0 Å². The van der Waals surface area contributed by atoms with Crippen molar-refractivity contribution in [3.8, 4) is 0 Å². The van der Waals surface area contributed by atoms with Gasteiger partial charge in [-0.05, 0) is 43.4 Å². The van der Waals surface area contributed by atoms with E-state index >= 15 is 0 Å². The first kappa shape index (κ1) is 21.9. The number of sulfonamides is 1. The third kappa shape index (κ3) is 5.41. The highest BCUT2D eigenvalue weighted by molar-refractivity contribution is 7.89. The van der Waals surface area contributed by atoms with Crippen molar-refractivity contribution in [2.24, 2.45) is 11.7 Å². The molecule has 6 nitrogen and oxygen atoms in total. The Morgan fingerprint density at radius 3 is 2.52 bits per heavy atom. The first-order valence-corrected chi connectivity index (χ1v) is 9.74. The van der Waals surface area contributed by atoms with Crippen LogP contribution in [0.4, 0.5) is 5.69 Å². The summed E-state index contributed by atoms with van der Waals surface area (Å²) in [6.07, 6.45) is 4.56. The van der Waals surface area contributed by atoms with Crippen LogP contribution in [0.25, 0.3) is 0 Å². The molecule has 0 heterocycles. The number of halogens is 1. The lowest BCUT2D eigenvalue weighted by Crippen LogP contribution is -2.35. The van der Waals surface area contributed by atoms with Crippen LogP contribution in [0.1, 0.15) is 37.7 Å². The fourth-order valence-electron chi connectivity index (χ4n) is 3.09. The van der Waals surface area contributed by atoms with E-state index in [1.54, 1.807) is 19.1 Å². The number of amides is 1. The monoisotopic (exact) mass is 389 g/mol. The second-order valence-corrected chi connectivity index (χ2v) is 8.85. The molecule has 3 N–H and O–H groups in total. The number of anilines is 1. The van der Waals surface area contributed by atoms with Crippen LogP contribution in [0.3, 0.4) is 0 Å². The van der Waals surface area contributed by atoms with E-state index in [-0.39, 0.29) is 35.2 Å². The standard InChI is InChI=1S/C17H27N3O3S.ClH/c1-12-8-9-14(11-16(12)24(22,23)20(2)3)19-17(21)10-13-6-4-5-7-15(13)18;/h8-9,11,13,15H,4-7,10,18H2,1-3H3,(H,19,21);1H. The average Bonchev–Trinajstić information content (AvgIpc) is 2.51. The molecule has 25 heavy (non-hydrogen) atoms. The van der Waals surface area contributed by atoms with E-state index in [4.69, 9.17) is 5.73 Å². The molecule has 1 aromatic carbocycles. The molecule has 0 saturated heterocycles. The molecule has 142 valence electrons. The largest absolute Gasteiger partial charge is 0.327 e. The zero-order chi connectivity index (χ0) is 17.9. The molecular formula is C17H28ClN3O3S. The minimum Gasteiger partial charge on any atom is -0.327 e. The summed E-state index contributed by atoms with van der Waals surface area (Å²) < 4.78 is 25.9. The van der Waals surface area contributed by atoms with Gasteiger partial charge in [0, 0.05) is 32.2 Å². The molecule has 0 aromatic heterocycles. The number of hydrogen-bond acceptors (Lipinski definition) is 4. The van der Waals surface area contributed by atoms with Gasteiger partial charge in [0.1, 0.15) is 0 Å². The summed E-state index contributed by atoms with van der Waals surface area (Å²) in [6.45, 7) is 1.74. The summed E-state index contributed by atoms with van der Waals surface area (Å²) in [5, 5.41) is 2.81. The molecule has 1 aromatic rings. The van der Waals surface area contributed by atoms with Crippen LogP contribution in [0.2, 0.25) is 0 Å². The van der Waals surface area contributed by atoms with Crippen LogP contribution < -0.4 is 11.1 Å². The Bertz CT molecular complexity index is 707. The van der Waals surface area contributed by atoms with Gasteiger partial charge in [-0.15, -0.1) is 12.4 Å². The lowest BCUT2D eigenvalue weighted by molar-refractivity contribution is -0.117. The van der Waals surface area contributed by atoms with Crippen LogP contribution in [0.15, 0.2) is 23.1 Å². The number of rotatable bonds is 5. The summed E-state index contributed by atoms with van der Waals surface area (Å²) in [6, 6.07) is 5.02. The summed E-state index contributed by atoms with van der Waals surface area (Å²) in [5.74, 6) is 0.0866. The highest BCUT2D eigenvalue weighted by Crippen LogP contribution is 2.27. The number of aryl methyl sites for hydroxylation is 1. The molecule has 1 saturated carbocycles. The van der Waals surface area contributed by atoms with Gasteiger partial charge in [0.15, 0.2) is 0 Å². The van der Waals surface area contributed by atoms with Gasteiger partial charge in [-0.2, -0.15) is 0 Å². The number of nitrogens with zero attached hydrogens (tertiary/aromatic N) is 1. The van der Waals surface area contributed by atoms with Crippen LogP contribution in [0.5, 0.6) is 0 Å². The fourth-order valence-corrected chi connectivity index (χ4v) is 4.24. The first-order valence-electron chi connectivity index (χ1n) is 8.30. The van der Waals surface area contributed by atoms with Crippen molar-refractivity contribution >= 4 is 34.0 Å². The Morgan fingerprint density at radius 1 is 1.28 bits per heavy atom. The van der Waals surface area contributed by atoms with Crippen LogP contribution in [0, 0.1) is 12.8 Å². The molecular weight excluding hydrogens is 362 g/mol. The van der Waals surface area contributed by atoms with Crippen molar-refractivity contribution in [1.82, 2.24) is 4.31 Å². The molecule has 0 bridgehead atoms. The molecule has 1 amide bonds. The highest BCUT2D eigenvalue weighted by Gasteiger charge is 2.25. The molecule has 0 aliphatic heterocycles. The molecule has 2 unspecified atom stereocenters. The third-order valence-electron chi connectivity index (χ3n) is 4.65. The predicted octanol–water partition coefficient (Wildman–Crippen LogP) is 2.51. The Morgan fingerprint density at radius 2 is 1.92 bits per heavy atom. The minimum absolute atomic E-state index is 0. The maximum absolute atomic E-state index is 12.3. The van der Waals surface area contributed by atoms with Gasteiger partial charge in [-0.25, -0.2) is 12.7 Å². The van der Waals surface area contributed by atoms with Gasteiger partial charge < -0.3 is 11.1 Å². The quantitative estimate of drug-likeness (QED) is 0.809. The van der Waals surface area contributed by atoms with E-state index in [0.29, 0.717) is 17.7 Å². The number of carbonyl (C=O) groups is 1. The molecule has 0 spiro atoms. The van der Waals surface area contributed by atoms with Gasteiger partial charge in [0.25, 0.3) is 0 Å². The minimum atomic E-state index is -3.54. The number of benzene rings is 1. The lowest BCUT2D eigenvalue weighted by Gasteiger charge is -2.28. The fraction of sp³-hybridized carbons (Fsp3) is 0.588.